The number of halogens is 2. The molecule has 72 valence electrons. The third-order valence-corrected chi connectivity index (χ3v) is 2.86. The van der Waals surface area contributed by atoms with Crippen molar-refractivity contribution >= 4 is 39.3 Å². The summed E-state index contributed by atoms with van der Waals surface area (Å²) in [6, 6.07) is 7.46. The summed E-state index contributed by atoms with van der Waals surface area (Å²) in [6.07, 6.45) is 0. The molecular weight excluding hydrogens is 221 g/mol. The summed E-state index contributed by atoms with van der Waals surface area (Å²) in [7, 11) is 1.80. The lowest BCUT2D eigenvalue weighted by Crippen LogP contribution is -1.90. The summed E-state index contributed by atoms with van der Waals surface area (Å²) in [5.74, 6) is 0. The molecule has 0 unspecified atom stereocenters. The summed E-state index contributed by atoms with van der Waals surface area (Å²) in [4.78, 5) is 11.2. The lowest BCUT2D eigenvalue weighted by atomic mass is 10.2. The Labute approximate surface area is 91.0 Å². The Morgan fingerprint density at radius 1 is 1.36 bits per heavy atom. The first-order valence-electron chi connectivity index (χ1n) is 4.05. The lowest BCUT2D eigenvalue weighted by Gasteiger charge is -1.94. The molecule has 0 N–H and O–H groups in total. The molecule has 1 heterocycles. The molecule has 0 saturated carbocycles. The van der Waals surface area contributed by atoms with Crippen molar-refractivity contribution in [3.63, 3.8) is 0 Å². The van der Waals surface area contributed by atoms with E-state index in [1.165, 1.54) is 0 Å². The topological polar surface area (TPSA) is 22.0 Å². The molecule has 0 fully saturated rings. The lowest BCUT2D eigenvalue weighted by molar-refractivity contribution is 0.108. The maximum Gasteiger partial charge on any atom is 0.256 e. The summed E-state index contributed by atoms with van der Waals surface area (Å²) in [6.45, 7) is 0. The van der Waals surface area contributed by atoms with E-state index in [9.17, 15) is 4.79 Å². The number of rotatable bonds is 1. The number of para-hydroxylation sites is 1. The second-order valence-electron chi connectivity index (χ2n) is 3.02. The number of carbonyl (C=O) groups excluding carboxylic acids is 1. The number of nitrogens with zero attached hydrogens (tertiary/aromatic N) is 1. The van der Waals surface area contributed by atoms with Gasteiger partial charge in [-0.25, -0.2) is 0 Å². The molecule has 0 aliphatic rings. The van der Waals surface area contributed by atoms with Gasteiger partial charge < -0.3 is 4.57 Å². The van der Waals surface area contributed by atoms with Gasteiger partial charge >= 0.3 is 0 Å². The second-order valence-corrected chi connectivity index (χ2v) is 3.72. The van der Waals surface area contributed by atoms with E-state index < -0.39 is 5.24 Å². The van der Waals surface area contributed by atoms with Gasteiger partial charge in [-0.3, -0.25) is 4.79 Å². The van der Waals surface area contributed by atoms with Crippen molar-refractivity contribution in [2.45, 2.75) is 0 Å². The van der Waals surface area contributed by atoms with Crippen LogP contribution in [0.5, 0.6) is 0 Å². The number of fused-ring (bicyclic) bond motifs is 1. The van der Waals surface area contributed by atoms with Crippen LogP contribution in [-0.4, -0.2) is 9.81 Å². The quantitative estimate of drug-likeness (QED) is 0.687. The van der Waals surface area contributed by atoms with Gasteiger partial charge in [0.1, 0.15) is 5.15 Å². The highest BCUT2D eigenvalue weighted by Gasteiger charge is 2.17. The van der Waals surface area contributed by atoms with Crippen LogP contribution >= 0.6 is 23.2 Å². The summed E-state index contributed by atoms with van der Waals surface area (Å²) in [5.41, 5.74) is 1.29. The minimum absolute atomic E-state index is 0.381. The predicted molar refractivity (Wildman–Crippen MR) is 58.1 cm³/mol. The van der Waals surface area contributed by atoms with Crippen molar-refractivity contribution in [3.05, 3.63) is 35.0 Å². The first-order chi connectivity index (χ1) is 6.63. The van der Waals surface area contributed by atoms with Crippen molar-refractivity contribution in [3.8, 4) is 0 Å². The van der Waals surface area contributed by atoms with Crippen molar-refractivity contribution < 1.29 is 4.79 Å². The normalized spacial score (nSPS) is 10.8. The van der Waals surface area contributed by atoms with Gasteiger partial charge in [-0.2, -0.15) is 0 Å². The molecule has 0 bridgehead atoms. The fourth-order valence-electron chi connectivity index (χ4n) is 1.55. The first-order valence-corrected chi connectivity index (χ1v) is 4.81. The molecule has 2 aromatic rings. The highest BCUT2D eigenvalue weighted by Crippen LogP contribution is 2.29. The highest BCUT2D eigenvalue weighted by molar-refractivity contribution is 6.69. The maximum absolute atomic E-state index is 11.2. The van der Waals surface area contributed by atoms with Crippen molar-refractivity contribution in [1.82, 2.24) is 4.57 Å². The molecule has 14 heavy (non-hydrogen) atoms. The number of aromatic nitrogens is 1. The SMILES string of the molecule is Cn1c(Cl)c(C(=O)Cl)c2ccccc21. The average Bonchev–Trinajstić information content (AvgIpc) is 2.41. The van der Waals surface area contributed by atoms with Gasteiger partial charge in [0.05, 0.1) is 5.56 Å². The Bertz CT molecular complexity index is 516. The van der Waals surface area contributed by atoms with Gasteiger partial charge in [-0.05, 0) is 17.7 Å². The Hall–Kier alpha value is -0.990. The van der Waals surface area contributed by atoms with Gasteiger partial charge in [-0.15, -0.1) is 0 Å². The van der Waals surface area contributed by atoms with E-state index in [2.05, 4.69) is 0 Å². The molecule has 0 saturated heterocycles. The van der Waals surface area contributed by atoms with Crippen LogP contribution in [0.1, 0.15) is 10.4 Å². The largest absolute Gasteiger partial charge is 0.334 e. The molecule has 1 aromatic carbocycles. The van der Waals surface area contributed by atoms with Crippen LogP contribution in [0.4, 0.5) is 0 Å². The first kappa shape index (κ1) is 9.56. The molecule has 2 rings (SSSR count). The number of carbonyl (C=O) groups is 1. The monoisotopic (exact) mass is 227 g/mol. The fraction of sp³-hybridized carbons (Fsp3) is 0.100. The van der Waals surface area contributed by atoms with Gasteiger partial charge in [-0.1, -0.05) is 29.8 Å². The van der Waals surface area contributed by atoms with Gasteiger partial charge in [0.25, 0.3) is 5.24 Å². The average molecular weight is 228 g/mol. The predicted octanol–water partition coefficient (Wildman–Crippen LogP) is 3.21. The van der Waals surface area contributed by atoms with Gasteiger partial charge in [0.2, 0.25) is 0 Å². The molecule has 0 radical (unpaired) electrons. The standard InChI is InChI=1S/C10H7Cl2NO/c1-13-7-5-3-2-4-6(7)8(9(13)11)10(12)14/h2-5H,1H3. The van der Waals surface area contributed by atoms with E-state index >= 15 is 0 Å². The minimum atomic E-state index is -0.521. The van der Waals surface area contributed by atoms with Crippen LogP contribution in [-0.2, 0) is 7.05 Å². The maximum atomic E-state index is 11.2. The molecular formula is C10H7Cl2NO. The van der Waals surface area contributed by atoms with Gasteiger partial charge in [0.15, 0.2) is 0 Å². The third kappa shape index (κ3) is 1.22. The van der Waals surface area contributed by atoms with E-state index in [-0.39, 0.29) is 0 Å². The van der Waals surface area contributed by atoms with E-state index in [0.717, 1.165) is 10.9 Å². The number of aryl methyl sites for hydroxylation is 1. The van der Waals surface area contributed by atoms with Crippen LogP contribution < -0.4 is 0 Å². The van der Waals surface area contributed by atoms with Crippen LogP contribution in [0.15, 0.2) is 24.3 Å². The fourth-order valence-corrected chi connectivity index (χ4v) is 2.07. The molecule has 4 heteroatoms. The van der Waals surface area contributed by atoms with Gasteiger partial charge in [0, 0.05) is 18.0 Å². The highest BCUT2D eigenvalue weighted by atomic mass is 35.5. The van der Waals surface area contributed by atoms with Crippen molar-refractivity contribution in [1.29, 1.82) is 0 Å². The molecule has 0 atom stereocenters. The van der Waals surface area contributed by atoms with Crippen LogP contribution in [0.3, 0.4) is 0 Å². The molecule has 0 amide bonds. The third-order valence-electron chi connectivity index (χ3n) is 2.23. The number of benzene rings is 1. The molecule has 2 nitrogen and oxygen atoms in total. The van der Waals surface area contributed by atoms with E-state index in [1.54, 1.807) is 11.6 Å². The summed E-state index contributed by atoms with van der Waals surface area (Å²) in [5, 5.41) is 0.651. The van der Waals surface area contributed by atoms with E-state index in [4.69, 9.17) is 23.2 Å². The Morgan fingerprint density at radius 3 is 2.64 bits per heavy atom. The smallest absolute Gasteiger partial charge is 0.256 e. The van der Waals surface area contributed by atoms with E-state index in [0.29, 0.717) is 10.7 Å². The zero-order valence-corrected chi connectivity index (χ0v) is 8.93. The molecule has 0 aliphatic heterocycles. The molecule has 0 spiro atoms. The van der Waals surface area contributed by atoms with Crippen molar-refractivity contribution in [2.24, 2.45) is 7.05 Å². The van der Waals surface area contributed by atoms with E-state index in [1.807, 2.05) is 24.3 Å². The van der Waals surface area contributed by atoms with Crippen LogP contribution in [0, 0.1) is 0 Å². The summed E-state index contributed by atoms with van der Waals surface area (Å²) >= 11 is 11.5. The Morgan fingerprint density at radius 2 is 2.00 bits per heavy atom. The minimum Gasteiger partial charge on any atom is -0.334 e. The Kier molecular flexibility index (Phi) is 2.25. The second kappa shape index (κ2) is 3.30. The zero-order valence-electron chi connectivity index (χ0n) is 7.42. The number of hydrogen-bond donors (Lipinski definition) is 0. The van der Waals surface area contributed by atoms with Crippen molar-refractivity contribution in [2.75, 3.05) is 0 Å². The Balaban J connectivity index is 2.95. The van der Waals surface area contributed by atoms with Crippen LogP contribution in [0.25, 0.3) is 10.9 Å². The zero-order chi connectivity index (χ0) is 10.3. The summed E-state index contributed by atoms with van der Waals surface area (Å²) < 4.78 is 1.74. The van der Waals surface area contributed by atoms with Crippen LogP contribution in [0.2, 0.25) is 5.15 Å². The molecule has 0 aliphatic carbocycles. The number of hydrogen-bond acceptors (Lipinski definition) is 1. The molecule has 1 aromatic heterocycles.